The monoisotopic (exact) mass is 564 g/mol. The Morgan fingerprint density at radius 1 is 0.976 bits per heavy atom. The second-order valence-electron chi connectivity index (χ2n) is 16.3. The zero-order chi connectivity index (χ0) is 31.4. The average Bonchev–Trinajstić information content (AvgIpc) is 3.24. The zero-order valence-corrected chi connectivity index (χ0v) is 28.7. The van der Waals surface area contributed by atoms with Gasteiger partial charge in [-0.25, -0.2) is 0 Å². The number of hydrogen-bond donors (Lipinski definition) is 2. The van der Waals surface area contributed by atoms with Crippen molar-refractivity contribution in [2.75, 3.05) is 0 Å². The van der Waals surface area contributed by atoms with Gasteiger partial charge in [-0.1, -0.05) is 60.6 Å². The minimum Gasteiger partial charge on any atom is -0.427 e. The molecule has 7 heteroatoms. The Bertz CT molecular complexity index is 1250. The highest BCUT2D eigenvalue weighted by Gasteiger charge is 2.51. The quantitative estimate of drug-likeness (QED) is 0.302. The van der Waals surface area contributed by atoms with E-state index >= 15 is 0 Å². The Morgan fingerprint density at radius 2 is 1.54 bits per heavy atom. The fraction of sp³-hybridized carbons (Fsp3) is 0.706. The largest absolute Gasteiger partial charge is 0.462 e. The van der Waals surface area contributed by atoms with Gasteiger partial charge in [-0.2, -0.15) is 0 Å². The zero-order valence-electron chi connectivity index (χ0n) is 28.7. The second-order valence-corrected chi connectivity index (χ2v) is 16.3. The van der Waals surface area contributed by atoms with Crippen LogP contribution in [0, 0.1) is 5.41 Å². The molecule has 0 aliphatic carbocycles. The van der Waals surface area contributed by atoms with Gasteiger partial charge < -0.3 is 24.1 Å². The molecule has 1 saturated heterocycles. The number of H-pyrrole nitrogens is 1. The fourth-order valence-electron chi connectivity index (χ4n) is 4.84. The lowest BCUT2D eigenvalue weighted by molar-refractivity contribution is -0.0892. The normalized spacial score (nSPS) is 18.4. The first kappa shape index (κ1) is 34.0. The van der Waals surface area contributed by atoms with Crippen LogP contribution >= 0.6 is 0 Å². The number of aliphatic hydroxyl groups is 1. The summed E-state index contributed by atoms with van der Waals surface area (Å²) < 4.78 is 19.2. The highest BCUT2D eigenvalue weighted by atomic mass is 16.7. The van der Waals surface area contributed by atoms with Crippen molar-refractivity contribution in [1.29, 1.82) is 0 Å². The molecule has 1 radical (unpaired) electrons. The van der Waals surface area contributed by atoms with E-state index in [9.17, 15) is 5.11 Å². The first-order valence-electron chi connectivity index (χ1n) is 15.4. The predicted octanol–water partition coefficient (Wildman–Crippen LogP) is 8.16. The van der Waals surface area contributed by atoms with Crippen molar-refractivity contribution >= 4 is 31.0 Å². The maximum absolute atomic E-state index is 10.8. The number of aromatic nitrogens is 1. The molecule has 2 aromatic rings. The van der Waals surface area contributed by atoms with Crippen molar-refractivity contribution in [2.24, 2.45) is 5.41 Å². The first-order chi connectivity index (χ1) is 18.4. The predicted molar refractivity (Wildman–Crippen MR) is 175 cm³/mol. The smallest absolute Gasteiger partial charge is 0.427 e. The van der Waals surface area contributed by atoms with Gasteiger partial charge in [-0.15, -0.1) is 0 Å². The van der Waals surface area contributed by atoms with Crippen molar-refractivity contribution in [2.45, 2.75) is 151 Å². The minimum absolute atomic E-state index is 0.0157. The molecular weight excluding hydrogens is 508 g/mol. The summed E-state index contributed by atoms with van der Waals surface area (Å²) in [6.07, 6.45) is 4.68. The number of hydrogen-bond acceptors (Lipinski definition) is 4. The number of aryl methyl sites for hydroxylation is 1. The molecule has 5 nitrogen and oxygen atoms in total. The van der Waals surface area contributed by atoms with E-state index in [1.165, 1.54) is 22.1 Å². The Labute approximate surface area is 251 Å². The van der Waals surface area contributed by atoms with Gasteiger partial charge in [0.15, 0.2) is 0 Å². The van der Waals surface area contributed by atoms with Crippen LogP contribution in [0.25, 0.3) is 16.4 Å². The van der Waals surface area contributed by atoms with Crippen LogP contribution in [-0.2, 0) is 32.1 Å². The van der Waals surface area contributed by atoms with Crippen LogP contribution in [0.4, 0.5) is 0 Å². The number of aromatic amines is 1. The molecule has 0 bridgehead atoms. The van der Waals surface area contributed by atoms with Crippen molar-refractivity contribution in [1.82, 2.24) is 4.98 Å². The van der Waals surface area contributed by atoms with Gasteiger partial charge >= 0.3 is 14.6 Å². The summed E-state index contributed by atoms with van der Waals surface area (Å²) in [6, 6.07) is 4.67. The standard InChI is InChI=1S/C34H56B2NO4/c1-16-24-25-20-23(30(5,6)7)19-22(21-36-40-33(12,13)34(14,15)41-36)27(25)37-28(24)26(17-18-29(2,3)4)35-39-32(10,11)31(8,9)38/h17,19-20,37-38H,16,18,21H2,1-15H3. The summed E-state index contributed by atoms with van der Waals surface area (Å²) in [5, 5.41) is 12.0. The number of allylic oxidation sites excluding steroid dienone is 1. The van der Waals surface area contributed by atoms with E-state index < -0.39 is 11.2 Å². The van der Waals surface area contributed by atoms with Crippen molar-refractivity contribution in [3.05, 3.63) is 40.6 Å². The van der Waals surface area contributed by atoms with E-state index in [1.807, 2.05) is 21.3 Å². The van der Waals surface area contributed by atoms with Crippen LogP contribution in [-0.4, -0.2) is 47.1 Å². The van der Waals surface area contributed by atoms with Crippen LogP contribution in [0.5, 0.6) is 0 Å². The van der Waals surface area contributed by atoms with Gasteiger partial charge in [0.1, 0.15) is 0 Å². The van der Waals surface area contributed by atoms with Crippen LogP contribution < -0.4 is 0 Å². The molecular formula is C34H56B2NO4. The summed E-state index contributed by atoms with van der Waals surface area (Å²) in [5.41, 5.74) is 4.51. The highest BCUT2D eigenvalue weighted by Crippen LogP contribution is 2.40. The lowest BCUT2D eigenvalue weighted by Gasteiger charge is -2.37. The molecule has 3 rings (SSSR count). The fourth-order valence-corrected chi connectivity index (χ4v) is 4.84. The highest BCUT2D eigenvalue weighted by molar-refractivity contribution is 6.55. The van der Waals surface area contributed by atoms with E-state index in [2.05, 4.69) is 99.4 Å². The molecule has 1 fully saturated rings. The summed E-state index contributed by atoms with van der Waals surface area (Å²) in [5.74, 6) is 0. The maximum Gasteiger partial charge on any atom is 0.462 e. The number of nitrogens with one attached hydrogen (secondary N) is 1. The Kier molecular flexibility index (Phi) is 9.27. The molecule has 2 N–H and O–H groups in total. The lowest BCUT2D eigenvalue weighted by Crippen LogP contribution is -2.48. The SMILES string of the molecule is CCc1c(C([B]OC(C)(C)C(C)(C)O)=CCC(C)(C)C)[nH]c2c(CB3OC(C)(C)C(C)(C)O3)cc(C(C)(C)C)cc12. The Balaban J connectivity index is 2.19. The van der Waals surface area contributed by atoms with Crippen molar-refractivity contribution in [3.8, 4) is 0 Å². The third-order valence-electron chi connectivity index (χ3n) is 9.18. The van der Waals surface area contributed by atoms with Gasteiger partial charge in [-0.3, -0.25) is 0 Å². The molecule has 1 aromatic heterocycles. The van der Waals surface area contributed by atoms with Crippen LogP contribution in [0.2, 0.25) is 0 Å². The van der Waals surface area contributed by atoms with Crippen LogP contribution in [0.1, 0.15) is 133 Å². The summed E-state index contributed by atoms with van der Waals surface area (Å²) in [6.45, 7) is 31.6. The summed E-state index contributed by atoms with van der Waals surface area (Å²) in [4.78, 5) is 3.84. The van der Waals surface area contributed by atoms with E-state index in [-0.39, 0.29) is 29.2 Å². The Hall–Kier alpha value is -1.53. The molecule has 0 spiro atoms. The molecule has 227 valence electrons. The molecule has 0 saturated carbocycles. The number of fused-ring (bicyclic) bond motifs is 1. The third kappa shape index (κ3) is 7.52. The van der Waals surface area contributed by atoms with Gasteiger partial charge in [-0.05, 0) is 107 Å². The van der Waals surface area contributed by atoms with Crippen LogP contribution in [0.3, 0.4) is 0 Å². The molecule has 1 aliphatic heterocycles. The second kappa shape index (κ2) is 11.2. The number of benzene rings is 1. The molecule has 0 unspecified atom stereocenters. The molecule has 1 aromatic carbocycles. The van der Waals surface area contributed by atoms with E-state index in [0.717, 1.165) is 29.5 Å². The Morgan fingerprint density at radius 3 is 2.00 bits per heavy atom. The molecule has 0 atom stereocenters. The van der Waals surface area contributed by atoms with Gasteiger partial charge in [0.05, 0.1) is 22.4 Å². The molecule has 0 amide bonds. The molecule has 2 heterocycles. The minimum atomic E-state index is -1.01. The number of rotatable bonds is 9. The summed E-state index contributed by atoms with van der Waals surface area (Å²) in [7, 11) is 1.51. The van der Waals surface area contributed by atoms with Crippen molar-refractivity contribution in [3.63, 3.8) is 0 Å². The topological polar surface area (TPSA) is 63.7 Å². The lowest BCUT2D eigenvalue weighted by atomic mass is 9.76. The van der Waals surface area contributed by atoms with Gasteiger partial charge in [0, 0.05) is 22.9 Å². The van der Waals surface area contributed by atoms with E-state index in [1.54, 1.807) is 13.8 Å². The first-order valence-corrected chi connectivity index (χ1v) is 15.4. The van der Waals surface area contributed by atoms with Gasteiger partial charge in [0.2, 0.25) is 0 Å². The molecule has 1 aliphatic rings. The van der Waals surface area contributed by atoms with E-state index in [4.69, 9.17) is 14.0 Å². The third-order valence-corrected chi connectivity index (χ3v) is 9.18. The van der Waals surface area contributed by atoms with E-state index in [0.29, 0.717) is 6.32 Å². The van der Waals surface area contributed by atoms with Gasteiger partial charge in [0.25, 0.3) is 0 Å². The summed E-state index contributed by atoms with van der Waals surface area (Å²) >= 11 is 0. The average molecular weight is 564 g/mol. The maximum atomic E-state index is 10.8. The van der Waals surface area contributed by atoms with Crippen molar-refractivity contribution < 1.29 is 19.1 Å². The van der Waals surface area contributed by atoms with Crippen LogP contribution in [0.15, 0.2) is 18.2 Å². The molecule has 41 heavy (non-hydrogen) atoms.